The van der Waals surface area contributed by atoms with Crippen LogP contribution in [0.3, 0.4) is 0 Å². The summed E-state index contributed by atoms with van der Waals surface area (Å²) >= 11 is 12.2. The van der Waals surface area contributed by atoms with E-state index < -0.39 is 0 Å². The molecule has 0 aromatic carbocycles. The Morgan fingerprint density at radius 1 is 1.64 bits per heavy atom. The number of aromatic nitrogens is 1. The molecular weight excluding hydrogens is 238 g/mol. The Morgan fingerprint density at radius 2 is 2.43 bits per heavy atom. The summed E-state index contributed by atoms with van der Waals surface area (Å²) in [6, 6.07) is 5.53. The molecule has 0 aliphatic heterocycles. The van der Waals surface area contributed by atoms with Gasteiger partial charge in [0.05, 0.1) is 12.3 Å². The van der Waals surface area contributed by atoms with Crippen LogP contribution in [-0.2, 0) is 10.5 Å². The summed E-state index contributed by atoms with van der Waals surface area (Å²) in [7, 11) is 0. The van der Waals surface area contributed by atoms with Gasteiger partial charge in [0.25, 0.3) is 0 Å². The van der Waals surface area contributed by atoms with E-state index in [0.29, 0.717) is 21.9 Å². The van der Waals surface area contributed by atoms with Crippen LogP contribution in [0.4, 0.5) is 0 Å². The van der Waals surface area contributed by atoms with E-state index in [1.54, 1.807) is 6.07 Å². The SMILES string of the molecule is CCOC(=S)SCc1cccc(Cl)n1. The maximum atomic E-state index is 5.74. The molecule has 1 rings (SSSR count). The van der Waals surface area contributed by atoms with Gasteiger partial charge < -0.3 is 4.74 Å². The van der Waals surface area contributed by atoms with E-state index in [0.717, 1.165) is 5.69 Å². The van der Waals surface area contributed by atoms with Gasteiger partial charge in [-0.2, -0.15) is 0 Å². The van der Waals surface area contributed by atoms with Crippen LogP contribution in [0.15, 0.2) is 18.2 Å². The number of thiocarbonyl (C=S) groups is 1. The lowest BCUT2D eigenvalue weighted by Gasteiger charge is -2.03. The van der Waals surface area contributed by atoms with E-state index in [4.69, 9.17) is 28.6 Å². The van der Waals surface area contributed by atoms with Crippen LogP contribution in [0, 0.1) is 0 Å². The first-order valence-electron chi connectivity index (χ1n) is 4.13. The highest BCUT2D eigenvalue weighted by Gasteiger charge is 2.00. The molecule has 1 aromatic heterocycles. The molecule has 5 heteroatoms. The van der Waals surface area contributed by atoms with E-state index in [1.165, 1.54) is 11.8 Å². The Bertz CT molecular complexity index is 319. The molecule has 0 aliphatic carbocycles. The van der Waals surface area contributed by atoms with E-state index in [-0.39, 0.29) is 0 Å². The van der Waals surface area contributed by atoms with Crippen molar-refractivity contribution in [3.05, 3.63) is 29.0 Å². The van der Waals surface area contributed by atoms with E-state index in [9.17, 15) is 0 Å². The molecule has 14 heavy (non-hydrogen) atoms. The minimum absolute atomic E-state index is 0.505. The van der Waals surface area contributed by atoms with Gasteiger partial charge in [-0.1, -0.05) is 29.4 Å². The monoisotopic (exact) mass is 247 g/mol. The number of nitrogens with zero attached hydrogens (tertiary/aromatic N) is 1. The topological polar surface area (TPSA) is 22.1 Å². The van der Waals surface area contributed by atoms with Crippen LogP contribution in [0.25, 0.3) is 0 Å². The summed E-state index contributed by atoms with van der Waals surface area (Å²) in [6.45, 7) is 2.51. The number of ether oxygens (including phenoxy) is 1. The number of pyridine rings is 1. The third kappa shape index (κ3) is 4.26. The molecule has 0 N–H and O–H groups in total. The van der Waals surface area contributed by atoms with Crippen LogP contribution in [0.5, 0.6) is 0 Å². The molecule has 0 bridgehead atoms. The van der Waals surface area contributed by atoms with Gasteiger partial charge in [0.15, 0.2) is 0 Å². The van der Waals surface area contributed by atoms with Crippen LogP contribution in [0.1, 0.15) is 12.6 Å². The zero-order chi connectivity index (χ0) is 10.4. The minimum atomic E-state index is 0.505. The Balaban J connectivity index is 2.41. The summed E-state index contributed by atoms with van der Waals surface area (Å²) in [5.74, 6) is 0.694. The van der Waals surface area contributed by atoms with Gasteiger partial charge in [0, 0.05) is 5.75 Å². The molecule has 0 saturated carbocycles. The second-order valence-electron chi connectivity index (χ2n) is 2.42. The maximum Gasteiger partial charge on any atom is 0.220 e. The molecule has 76 valence electrons. The highest BCUT2D eigenvalue weighted by Crippen LogP contribution is 2.14. The number of rotatable bonds is 3. The predicted octanol–water partition coefficient (Wildman–Crippen LogP) is 3.29. The van der Waals surface area contributed by atoms with E-state index >= 15 is 0 Å². The largest absolute Gasteiger partial charge is 0.479 e. The molecule has 0 atom stereocenters. The quantitative estimate of drug-likeness (QED) is 0.604. The van der Waals surface area contributed by atoms with Gasteiger partial charge in [-0.25, -0.2) is 4.98 Å². The van der Waals surface area contributed by atoms with Crippen molar-refractivity contribution in [2.24, 2.45) is 0 Å². The molecule has 0 unspecified atom stereocenters. The second kappa shape index (κ2) is 6.22. The predicted molar refractivity (Wildman–Crippen MR) is 64.8 cm³/mol. The maximum absolute atomic E-state index is 5.74. The van der Waals surface area contributed by atoms with Crippen molar-refractivity contribution >= 4 is 40.0 Å². The summed E-state index contributed by atoms with van der Waals surface area (Å²) in [4.78, 5) is 4.13. The van der Waals surface area contributed by atoms with Crippen LogP contribution < -0.4 is 0 Å². The molecule has 0 spiro atoms. The highest BCUT2D eigenvalue weighted by atomic mass is 35.5. The third-order valence-corrected chi connectivity index (χ3v) is 2.85. The van der Waals surface area contributed by atoms with Crippen LogP contribution >= 0.6 is 35.6 Å². The van der Waals surface area contributed by atoms with E-state index in [2.05, 4.69) is 4.98 Å². The fraction of sp³-hybridized carbons (Fsp3) is 0.333. The summed E-state index contributed by atoms with van der Waals surface area (Å²) in [5, 5.41) is 0.505. The van der Waals surface area contributed by atoms with Crippen LogP contribution in [-0.4, -0.2) is 16.0 Å². The fourth-order valence-electron chi connectivity index (χ4n) is 0.823. The van der Waals surface area contributed by atoms with Gasteiger partial charge in [-0.3, -0.25) is 0 Å². The van der Waals surface area contributed by atoms with Crippen molar-refractivity contribution in [1.29, 1.82) is 0 Å². The lowest BCUT2D eigenvalue weighted by atomic mass is 10.4. The first-order chi connectivity index (χ1) is 6.72. The number of hydrogen-bond acceptors (Lipinski definition) is 4. The van der Waals surface area contributed by atoms with Gasteiger partial charge in [0.2, 0.25) is 4.38 Å². The van der Waals surface area contributed by atoms with E-state index in [1.807, 2.05) is 19.1 Å². The normalized spacial score (nSPS) is 9.86. The summed E-state index contributed by atoms with van der Waals surface area (Å²) in [5.41, 5.74) is 0.907. The Kier molecular flexibility index (Phi) is 5.22. The fourth-order valence-corrected chi connectivity index (χ4v) is 1.93. The standard InChI is InChI=1S/C9H10ClNOS2/c1-2-12-9(13)14-6-7-4-3-5-8(10)11-7/h3-5H,2,6H2,1H3. The molecular formula is C9H10ClNOS2. The number of halogens is 1. The zero-order valence-electron chi connectivity index (χ0n) is 7.70. The van der Waals surface area contributed by atoms with Gasteiger partial charge in [-0.05, 0) is 31.3 Å². The van der Waals surface area contributed by atoms with Gasteiger partial charge in [0.1, 0.15) is 5.15 Å². The van der Waals surface area contributed by atoms with Crippen molar-refractivity contribution in [3.8, 4) is 0 Å². The lowest BCUT2D eigenvalue weighted by Crippen LogP contribution is -1.97. The minimum Gasteiger partial charge on any atom is -0.479 e. The van der Waals surface area contributed by atoms with Gasteiger partial charge >= 0.3 is 0 Å². The Labute approximate surface area is 98.0 Å². The molecule has 0 saturated heterocycles. The lowest BCUT2D eigenvalue weighted by molar-refractivity contribution is 0.346. The van der Waals surface area contributed by atoms with Crippen molar-refractivity contribution in [2.45, 2.75) is 12.7 Å². The van der Waals surface area contributed by atoms with Crippen molar-refractivity contribution in [3.63, 3.8) is 0 Å². The summed E-state index contributed by atoms with van der Waals surface area (Å²) < 4.78 is 5.68. The Morgan fingerprint density at radius 3 is 3.07 bits per heavy atom. The first kappa shape index (κ1) is 11.8. The molecule has 2 nitrogen and oxygen atoms in total. The van der Waals surface area contributed by atoms with Gasteiger partial charge in [-0.15, -0.1) is 0 Å². The van der Waals surface area contributed by atoms with Crippen molar-refractivity contribution in [1.82, 2.24) is 4.98 Å². The molecule has 0 amide bonds. The molecule has 0 aliphatic rings. The van der Waals surface area contributed by atoms with Crippen molar-refractivity contribution < 1.29 is 4.74 Å². The molecule has 0 radical (unpaired) electrons. The smallest absolute Gasteiger partial charge is 0.220 e. The van der Waals surface area contributed by atoms with Crippen LogP contribution in [0.2, 0.25) is 5.15 Å². The molecule has 0 fully saturated rings. The molecule has 1 heterocycles. The average Bonchev–Trinajstić information content (AvgIpc) is 2.15. The first-order valence-corrected chi connectivity index (χ1v) is 5.90. The second-order valence-corrected chi connectivity index (χ2v) is 4.39. The third-order valence-electron chi connectivity index (χ3n) is 1.37. The number of hydrogen-bond donors (Lipinski definition) is 0. The Hall–Kier alpha value is -0.320. The summed E-state index contributed by atoms with van der Waals surface area (Å²) in [6.07, 6.45) is 0. The highest BCUT2D eigenvalue weighted by molar-refractivity contribution is 8.22. The average molecular weight is 248 g/mol. The molecule has 1 aromatic rings. The van der Waals surface area contributed by atoms with Crippen molar-refractivity contribution in [2.75, 3.05) is 6.61 Å². The number of thioether (sulfide) groups is 1. The zero-order valence-corrected chi connectivity index (χ0v) is 10.1.